The number of benzene rings is 1. The smallest absolute Gasteiger partial charge is 0.145 e. The lowest BCUT2D eigenvalue weighted by Gasteiger charge is -2.07. The van der Waals surface area contributed by atoms with E-state index in [-0.39, 0.29) is 6.54 Å². The molecule has 3 rings (SSSR count). The Kier molecular flexibility index (Phi) is 3.06. The van der Waals surface area contributed by atoms with Crippen LogP contribution < -0.4 is 5.32 Å². The molecule has 4 nitrogen and oxygen atoms in total. The number of nitrogens with one attached hydrogen (secondary N) is 1. The number of aryl methyl sites for hydroxylation is 1. The summed E-state index contributed by atoms with van der Waals surface area (Å²) in [5, 5.41) is 3.91. The van der Waals surface area contributed by atoms with E-state index in [1.54, 1.807) is 0 Å². The zero-order valence-electron chi connectivity index (χ0n) is 10.8. The molecule has 0 aliphatic carbocycles. The highest BCUT2D eigenvalue weighted by atomic mass is 19.1. The van der Waals surface area contributed by atoms with Crippen LogP contribution in [0, 0.1) is 11.6 Å². The average molecular weight is 274 g/mol. The van der Waals surface area contributed by atoms with Crippen LogP contribution in [0.2, 0.25) is 0 Å². The molecule has 0 aliphatic heterocycles. The van der Waals surface area contributed by atoms with E-state index < -0.39 is 11.6 Å². The number of anilines is 1. The predicted octanol–water partition coefficient (Wildman–Crippen LogP) is 2.86. The van der Waals surface area contributed by atoms with Crippen LogP contribution >= 0.6 is 0 Å². The van der Waals surface area contributed by atoms with Gasteiger partial charge in [-0.15, -0.1) is 0 Å². The molecule has 1 N–H and O–H groups in total. The third-order valence-corrected chi connectivity index (χ3v) is 3.12. The minimum absolute atomic E-state index is 0.229. The first kappa shape index (κ1) is 12.5. The molecule has 1 aromatic carbocycles. The Balaban J connectivity index is 1.87. The summed E-state index contributed by atoms with van der Waals surface area (Å²) in [6.45, 7) is 0.229. The normalized spacial score (nSPS) is 10.9. The van der Waals surface area contributed by atoms with E-state index in [4.69, 9.17) is 0 Å². The van der Waals surface area contributed by atoms with Crippen molar-refractivity contribution in [3.05, 3.63) is 54.0 Å². The number of hydrogen-bond acceptors (Lipinski definition) is 3. The summed E-state index contributed by atoms with van der Waals surface area (Å²) in [7, 11) is 1.89. The predicted molar refractivity (Wildman–Crippen MR) is 72.2 cm³/mol. The van der Waals surface area contributed by atoms with Gasteiger partial charge in [-0.05, 0) is 12.1 Å². The van der Waals surface area contributed by atoms with Gasteiger partial charge in [0.1, 0.15) is 29.4 Å². The summed E-state index contributed by atoms with van der Waals surface area (Å²) in [5.41, 5.74) is 1.18. The van der Waals surface area contributed by atoms with Crippen molar-refractivity contribution in [1.29, 1.82) is 0 Å². The molecule has 0 saturated heterocycles. The highest BCUT2D eigenvalue weighted by Gasteiger charge is 2.08. The van der Waals surface area contributed by atoms with Crippen LogP contribution in [0.15, 0.2) is 36.8 Å². The molecule has 0 fully saturated rings. The fraction of sp³-hybridized carbons (Fsp3) is 0.143. The Morgan fingerprint density at radius 3 is 2.85 bits per heavy atom. The van der Waals surface area contributed by atoms with Crippen LogP contribution in [0.25, 0.3) is 11.0 Å². The minimum atomic E-state index is -0.585. The summed E-state index contributed by atoms with van der Waals surface area (Å²) >= 11 is 0. The second kappa shape index (κ2) is 4.88. The Labute approximate surface area is 114 Å². The fourth-order valence-electron chi connectivity index (χ4n) is 2.06. The molecular weight excluding hydrogens is 262 g/mol. The van der Waals surface area contributed by atoms with Gasteiger partial charge in [0.2, 0.25) is 0 Å². The van der Waals surface area contributed by atoms with Gasteiger partial charge in [-0.3, -0.25) is 0 Å². The molecular formula is C14H12F2N4. The lowest BCUT2D eigenvalue weighted by atomic mass is 10.2. The average Bonchev–Trinajstić information content (AvgIpc) is 2.80. The van der Waals surface area contributed by atoms with E-state index in [2.05, 4.69) is 15.3 Å². The van der Waals surface area contributed by atoms with Crippen molar-refractivity contribution in [2.75, 3.05) is 5.32 Å². The molecule has 20 heavy (non-hydrogen) atoms. The minimum Gasteiger partial charge on any atom is -0.365 e. The summed E-state index contributed by atoms with van der Waals surface area (Å²) < 4.78 is 28.3. The van der Waals surface area contributed by atoms with Crippen LogP contribution in [0.1, 0.15) is 5.56 Å². The lowest BCUT2D eigenvalue weighted by Crippen LogP contribution is -2.04. The first-order valence-electron chi connectivity index (χ1n) is 6.09. The largest absolute Gasteiger partial charge is 0.365 e. The van der Waals surface area contributed by atoms with Crippen LogP contribution in [0.3, 0.4) is 0 Å². The van der Waals surface area contributed by atoms with Gasteiger partial charge in [0.05, 0.1) is 5.39 Å². The first-order chi connectivity index (χ1) is 9.65. The molecule has 2 aromatic heterocycles. The summed E-state index contributed by atoms with van der Waals surface area (Å²) in [5.74, 6) is -0.533. The fourth-order valence-corrected chi connectivity index (χ4v) is 2.06. The van der Waals surface area contributed by atoms with E-state index in [1.807, 2.05) is 23.9 Å². The van der Waals surface area contributed by atoms with E-state index >= 15 is 0 Å². The van der Waals surface area contributed by atoms with Gasteiger partial charge in [-0.25, -0.2) is 18.7 Å². The molecule has 0 atom stereocenters. The lowest BCUT2D eigenvalue weighted by molar-refractivity contribution is 0.574. The standard InChI is InChI=1S/C14H12F2N4/c1-20-5-4-11-13(18-8-19-14(11)20)17-7-9-2-3-10(15)6-12(9)16/h2-6,8H,7H2,1H3,(H,17,18,19). The van der Waals surface area contributed by atoms with E-state index in [1.165, 1.54) is 18.5 Å². The molecule has 0 unspecified atom stereocenters. The molecule has 0 bridgehead atoms. The van der Waals surface area contributed by atoms with Gasteiger partial charge in [-0.2, -0.15) is 0 Å². The Bertz CT molecular complexity index is 767. The zero-order valence-corrected chi connectivity index (χ0v) is 10.8. The maximum atomic E-state index is 13.6. The summed E-state index contributed by atoms with van der Waals surface area (Å²) in [6, 6.07) is 5.41. The number of hydrogen-bond donors (Lipinski definition) is 1. The number of nitrogens with zero attached hydrogens (tertiary/aromatic N) is 3. The van der Waals surface area contributed by atoms with Crippen LogP contribution in [-0.2, 0) is 13.6 Å². The first-order valence-corrected chi connectivity index (χ1v) is 6.09. The highest BCUT2D eigenvalue weighted by molar-refractivity contribution is 5.87. The Hall–Kier alpha value is -2.50. The van der Waals surface area contributed by atoms with Crippen molar-refractivity contribution in [2.45, 2.75) is 6.54 Å². The summed E-state index contributed by atoms with van der Waals surface area (Å²) in [4.78, 5) is 8.32. The maximum Gasteiger partial charge on any atom is 0.145 e. The molecule has 0 aliphatic rings. The summed E-state index contributed by atoms with van der Waals surface area (Å²) in [6.07, 6.45) is 3.33. The third kappa shape index (κ3) is 2.20. The van der Waals surface area contributed by atoms with Crippen LogP contribution in [-0.4, -0.2) is 14.5 Å². The molecule has 3 aromatic rings. The third-order valence-electron chi connectivity index (χ3n) is 3.12. The van der Waals surface area contributed by atoms with Gasteiger partial charge in [0.25, 0.3) is 0 Å². The van der Waals surface area contributed by atoms with E-state index in [9.17, 15) is 8.78 Å². The molecule has 6 heteroatoms. The molecule has 0 amide bonds. The monoisotopic (exact) mass is 274 g/mol. The number of halogens is 2. The molecule has 2 heterocycles. The maximum absolute atomic E-state index is 13.6. The molecule has 102 valence electrons. The number of fused-ring (bicyclic) bond motifs is 1. The van der Waals surface area contributed by atoms with Gasteiger partial charge < -0.3 is 9.88 Å². The van der Waals surface area contributed by atoms with Crippen molar-refractivity contribution in [3.63, 3.8) is 0 Å². The number of rotatable bonds is 3. The highest BCUT2D eigenvalue weighted by Crippen LogP contribution is 2.20. The second-order valence-corrected chi connectivity index (χ2v) is 4.48. The van der Waals surface area contributed by atoms with E-state index in [0.29, 0.717) is 11.4 Å². The van der Waals surface area contributed by atoms with Gasteiger partial charge in [0, 0.05) is 31.4 Å². The molecule has 0 radical (unpaired) electrons. The van der Waals surface area contributed by atoms with Crippen molar-refractivity contribution >= 4 is 16.9 Å². The second-order valence-electron chi connectivity index (χ2n) is 4.48. The Morgan fingerprint density at radius 1 is 1.20 bits per heavy atom. The van der Waals surface area contributed by atoms with Crippen molar-refractivity contribution < 1.29 is 8.78 Å². The van der Waals surface area contributed by atoms with Crippen molar-refractivity contribution in [1.82, 2.24) is 14.5 Å². The van der Waals surface area contributed by atoms with Crippen molar-refractivity contribution in [3.8, 4) is 0 Å². The van der Waals surface area contributed by atoms with E-state index in [0.717, 1.165) is 17.1 Å². The molecule has 0 saturated carbocycles. The van der Waals surface area contributed by atoms with Gasteiger partial charge >= 0.3 is 0 Å². The van der Waals surface area contributed by atoms with Gasteiger partial charge in [0.15, 0.2) is 0 Å². The molecule has 0 spiro atoms. The SMILES string of the molecule is Cn1ccc2c(NCc3ccc(F)cc3F)ncnc21. The topological polar surface area (TPSA) is 42.7 Å². The van der Waals surface area contributed by atoms with Gasteiger partial charge in [-0.1, -0.05) is 6.07 Å². The Morgan fingerprint density at radius 2 is 2.05 bits per heavy atom. The zero-order chi connectivity index (χ0) is 14.1. The van der Waals surface area contributed by atoms with Crippen LogP contribution in [0.4, 0.5) is 14.6 Å². The number of aromatic nitrogens is 3. The van der Waals surface area contributed by atoms with Crippen LogP contribution in [0.5, 0.6) is 0 Å². The van der Waals surface area contributed by atoms with Crippen molar-refractivity contribution in [2.24, 2.45) is 7.05 Å². The quantitative estimate of drug-likeness (QED) is 0.798.